The molecule has 2 heterocycles. The number of aryl methyl sites for hydroxylation is 2. The van der Waals surface area contributed by atoms with Gasteiger partial charge in [0.1, 0.15) is 20.8 Å². The molecule has 9 nitrogen and oxygen atoms in total. The zero-order chi connectivity index (χ0) is 29.9. The first-order valence-electron chi connectivity index (χ1n) is 13.9. The van der Waals surface area contributed by atoms with E-state index in [1.54, 1.807) is 50.2 Å². The van der Waals surface area contributed by atoms with Gasteiger partial charge in [0, 0.05) is 48.6 Å². The molecule has 11 heteroatoms. The summed E-state index contributed by atoms with van der Waals surface area (Å²) in [5.74, 6) is -1.26. The van der Waals surface area contributed by atoms with E-state index < -0.39 is 5.92 Å². The number of anilines is 1. The largest absolute Gasteiger partial charge is 0.300 e. The number of ketones is 3. The number of amides is 1. The fourth-order valence-corrected chi connectivity index (χ4v) is 5.90. The van der Waals surface area contributed by atoms with Crippen LogP contribution in [0.5, 0.6) is 0 Å². The second-order valence-corrected chi connectivity index (χ2v) is 12.4. The van der Waals surface area contributed by atoms with Crippen molar-refractivity contribution in [2.24, 2.45) is 11.8 Å². The molecule has 0 bridgehead atoms. The van der Waals surface area contributed by atoms with E-state index in [-0.39, 0.29) is 48.4 Å². The van der Waals surface area contributed by atoms with Crippen molar-refractivity contribution in [1.82, 2.24) is 20.4 Å². The molecule has 4 aromatic rings. The molecular formula is C31H33N5O4S2. The van der Waals surface area contributed by atoms with Gasteiger partial charge >= 0.3 is 0 Å². The molecule has 4 rings (SSSR count). The van der Waals surface area contributed by atoms with Gasteiger partial charge in [0.15, 0.2) is 11.6 Å². The Morgan fingerprint density at radius 1 is 0.667 bits per heavy atom. The van der Waals surface area contributed by atoms with Crippen LogP contribution in [0.4, 0.5) is 5.13 Å². The lowest BCUT2D eigenvalue weighted by Gasteiger charge is -2.09. The molecule has 2 atom stereocenters. The predicted octanol–water partition coefficient (Wildman–Crippen LogP) is 5.82. The Morgan fingerprint density at radius 3 is 1.76 bits per heavy atom. The van der Waals surface area contributed by atoms with Gasteiger partial charge in [0.05, 0.1) is 6.42 Å². The molecule has 2 unspecified atom stereocenters. The number of aromatic nitrogens is 4. The monoisotopic (exact) mass is 603 g/mol. The molecule has 0 aliphatic carbocycles. The van der Waals surface area contributed by atoms with Crippen molar-refractivity contribution in [3.63, 3.8) is 0 Å². The second-order valence-electron chi connectivity index (χ2n) is 10.2. The number of carbonyl (C=O) groups excluding carboxylic acids is 4. The van der Waals surface area contributed by atoms with Gasteiger partial charge in [0.2, 0.25) is 11.0 Å². The molecule has 1 amide bonds. The van der Waals surface area contributed by atoms with E-state index in [0.717, 1.165) is 29.3 Å². The standard InChI is InChI=1S/C31H33N5O4S2/c1-20(17-25(38)22-11-5-3-6-12-22)24(37)19-29-35-33-27(41-29)15-9-10-16-28-34-36-31(42-28)32-30(40)21(2)18-26(39)23-13-7-4-8-14-23/h3-8,11-14,20-21H,9-10,15-19H2,1-2H3,(H,32,36,40). The van der Waals surface area contributed by atoms with E-state index in [9.17, 15) is 19.2 Å². The lowest BCUT2D eigenvalue weighted by molar-refractivity contribution is -0.121. The number of hydrogen-bond donors (Lipinski definition) is 1. The molecule has 0 radical (unpaired) electrons. The highest BCUT2D eigenvalue weighted by Gasteiger charge is 2.21. The zero-order valence-corrected chi connectivity index (χ0v) is 25.2. The minimum absolute atomic E-state index is 0.0154. The van der Waals surface area contributed by atoms with Crippen LogP contribution in [0.25, 0.3) is 0 Å². The Hall–Kier alpha value is -3.96. The van der Waals surface area contributed by atoms with Crippen LogP contribution in [-0.2, 0) is 28.9 Å². The molecule has 1 N–H and O–H groups in total. The number of nitrogens with zero attached hydrogens (tertiary/aromatic N) is 4. The molecule has 0 aliphatic rings. The first kappa shape index (κ1) is 31.0. The van der Waals surface area contributed by atoms with Crippen LogP contribution in [0, 0.1) is 11.8 Å². The summed E-state index contributed by atoms with van der Waals surface area (Å²) in [7, 11) is 0. The van der Waals surface area contributed by atoms with Gasteiger partial charge in [-0.25, -0.2) is 0 Å². The molecule has 0 spiro atoms. The summed E-state index contributed by atoms with van der Waals surface area (Å²) in [6, 6.07) is 17.9. The summed E-state index contributed by atoms with van der Waals surface area (Å²) >= 11 is 2.76. The van der Waals surface area contributed by atoms with Crippen molar-refractivity contribution in [3.05, 3.63) is 86.8 Å². The van der Waals surface area contributed by atoms with Crippen molar-refractivity contribution in [2.75, 3.05) is 5.32 Å². The van der Waals surface area contributed by atoms with Crippen LogP contribution >= 0.6 is 22.7 Å². The van der Waals surface area contributed by atoms with Gasteiger partial charge in [-0.2, -0.15) is 0 Å². The van der Waals surface area contributed by atoms with Crippen molar-refractivity contribution < 1.29 is 19.2 Å². The van der Waals surface area contributed by atoms with Gasteiger partial charge in [-0.3, -0.25) is 19.2 Å². The number of nitrogens with one attached hydrogen (secondary N) is 1. The molecule has 2 aromatic carbocycles. The van der Waals surface area contributed by atoms with E-state index in [1.807, 2.05) is 24.3 Å². The first-order chi connectivity index (χ1) is 20.3. The van der Waals surface area contributed by atoms with E-state index in [0.29, 0.717) is 27.7 Å². The van der Waals surface area contributed by atoms with Crippen molar-refractivity contribution in [1.29, 1.82) is 0 Å². The molecule has 2 aromatic heterocycles. The van der Waals surface area contributed by atoms with Crippen LogP contribution in [0.15, 0.2) is 60.7 Å². The van der Waals surface area contributed by atoms with Crippen LogP contribution in [-0.4, -0.2) is 43.7 Å². The summed E-state index contributed by atoms with van der Waals surface area (Å²) in [5.41, 5.74) is 1.21. The molecule has 218 valence electrons. The van der Waals surface area contributed by atoms with Crippen molar-refractivity contribution in [3.8, 4) is 0 Å². The van der Waals surface area contributed by atoms with E-state index in [1.165, 1.54) is 22.7 Å². The number of benzene rings is 2. The third-order valence-corrected chi connectivity index (χ3v) is 8.62. The number of carbonyl (C=O) groups is 4. The maximum Gasteiger partial charge on any atom is 0.229 e. The third kappa shape index (κ3) is 9.28. The quantitative estimate of drug-likeness (QED) is 0.125. The molecule has 42 heavy (non-hydrogen) atoms. The number of rotatable bonds is 16. The molecule has 0 saturated carbocycles. The van der Waals surface area contributed by atoms with Crippen LogP contribution < -0.4 is 5.32 Å². The van der Waals surface area contributed by atoms with Gasteiger partial charge in [0.25, 0.3) is 0 Å². The summed E-state index contributed by atoms with van der Waals surface area (Å²) in [5, 5.41) is 22.2. The average molecular weight is 604 g/mol. The van der Waals surface area contributed by atoms with Gasteiger partial charge < -0.3 is 5.32 Å². The summed E-state index contributed by atoms with van der Waals surface area (Å²) < 4.78 is 0. The minimum atomic E-state index is -0.489. The second kappa shape index (κ2) is 15.3. The summed E-state index contributed by atoms with van der Waals surface area (Å²) in [6.07, 6.45) is 3.66. The smallest absolute Gasteiger partial charge is 0.229 e. The Kier molecular flexibility index (Phi) is 11.3. The topological polar surface area (TPSA) is 132 Å². The predicted molar refractivity (Wildman–Crippen MR) is 163 cm³/mol. The van der Waals surface area contributed by atoms with Gasteiger partial charge in [-0.05, 0) is 12.8 Å². The highest BCUT2D eigenvalue weighted by atomic mass is 32.1. The summed E-state index contributed by atoms with van der Waals surface area (Å²) in [4.78, 5) is 50.0. The lowest BCUT2D eigenvalue weighted by Crippen LogP contribution is -2.22. The van der Waals surface area contributed by atoms with E-state index in [2.05, 4.69) is 25.7 Å². The van der Waals surface area contributed by atoms with Crippen LogP contribution in [0.2, 0.25) is 0 Å². The van der Waals surface area contributed by atoms with E-state index >= 15 is 0 Å². The Balaban J connectivity index is 1.14. The van der Waals surface area contributed by atoms with Gasteiger partial charge in [-0.1, -0.05) is 85.8 Å². The van der Waals surface area contributed by atoms with Crippen molar-refractivity contribution >= 4 is 51.1 Å². The lowest BCUT2D eigenvalue weighted by atomic mass is 9.95. The average Bonchev–Trinajstić information content (AvgIpc) is 3.65. The van der Waals surface area contributed by atoms with E-state index in [4.69, 9.17) is 0 Å². The Bertz CT molecular complexity index is 1390. The molecular weight excluding hydrogens is 571 g/mol. The summed E-state index contributed by atoms with van der Waals surface area (Å²) in [6.45, 7) is 3.50. The fraction of sp³-hybridized carbons (Fsp3) is 0.355. The van der Waals surface area contributed by atoms with Crippen LogP contribution in [0.1, 0.15) is 75.3 Å². The normalized spacial score (nSPS) is 12.4. The number of Topliss-reactive ketones (excluding diaryl/α,β-unsaturated/α-hetero) is 3. The first-order valence-corrected chi connectivity index (χ1v) is 15.6. The fourth-order valence-electron chi connectivity index (χ4n) is 4.22. The highest BCUT2D eigenvalue weighted by molar-refractivity contribution is 7.15. The van der Waals surface area contributed by atoms with Crippen molar-refractivity contribution in [2.45, 2.75) is 58.8 Å². The SMILES string of the molecule is CC(CC(=O)c1ccccc1)C(=O)Cc1nnc(CCCCc2nnc(NC(=O)C(C)CC(=O)c3ccccc3)s2)s1. The number of hydrogen-bond acceptors (Lipinski definition) is 10. The highest BCUT2D eigenvalue weighted by Crippen LogP contribution is 2.21. The number of unbranched alkanes of at least 4 members (excludes halogenated alkanes) is 1. The Morgan fingerprint density at radius 2 is 1.17 bits per heavy atom. The maximum absolute atomic E-state index is 12.7. The Labute approximate surface area is 252 Å². The molecule has 0 aliphatic heterocycles. The maximum atomic E-state index is 12.7. The molecule has 0 saturated heterocycles. The van der Waals surface area contributed by atoms with Gasteiger partial charge in [-0.15, -0.1) is 31.7 Å². The third-order valence-electron chi connectivity index (χ3n) is 6.73. The minimum Gasteiger partial charge on any atom is -0.300 e. The zero-order valence-electron chi connectivity index (χ0n) is 23.6. The molecule has 0 fully saturated rings. The van der Waals surface area contributed by atoms with Crippen LogP contribution in [0.3, 0.4) is 0 Å².